The highest BCUT2D eigenvalue weighted by Gasteiger charge is 2.16. The largest absolute Gasteiger partial charge is 0.314 e. The summed E-state index contributed by atoms with van der Waals surface area (Å²) in [5.74, 6) is -0.667. The molecule has 2 rings (SSSR count). The second kappa shape index (κ2) is 9.87. The van der Waals surface area contributed by atoms with Crippen LogP contribution in [0.2, 0.25) is 5.02 Å². The van der Waals surface area contributed by atoms with E-state index in [-0.39, 0.29) is 41.3 Å². The van der Waals surface area contributed by atoms with Crippen molar-refractivity contribution in [2.45, 2.75) is 4.90 Å². The number of nitrogens with zero attached hydrogens (tertiary/aromatic N) is 1. The number of nitrogens with one attached hydrogen (secondary N) is 2. The van der Waals surface area contributed by atoms with Crippen LogP contribution >= 0.6 is 36.4 Å². The van der Waals surface area contributed by atoms with E-state index in [0.29, 0.717) is 6.54 Å². The number of hydrogen-bond acceptors (Lipinski definition) is 4. The van der Waals surface area contributed by atoms with Gasteiger partial charge < -0.3 is 5.32 Å². The Bertz CT molecular complexity index is 548. The number of sulfonamides is 1. The smallest absolute Gasteiger partial charge is 0.240 e. The molecule has 0 saturated carbocycles. The predicted octanol–water partition coefficient (Wildman–Crippen LogP) is 1.51. The van der Waals surface area contributed by atoms with Crippen LogP contribution in [0.1, 0.15) is 0 Å². The second-order valence-electron chi connectivity index (χ2n) is 4.59. The lowest BCUT2D eigenvalue weighted by molar-refractivity contribution is 0.245. The molecule has 0 amide bonds. The molecule has 0 spiro atoms. The van der Waals surface area contributed by atoms with Crippen molar-refractivity contribution in [3.63, 3.8) is 0 Å². The van der Waals surface area contributed by atoms with Crippen molar-refractivity contribution >= 4 is 46.4 Å². The standard InChI is InChI=1S/C12H17ClFN3O2S.2ClH/c13-10-7-11(14)9-12(8-10)20(18,19)16-3-6-17-4-1-15-2-5-17;;/h7-9,15-16H,1-6H2;2*1H. The van der Waals surface area contributed by atoms with Crippen molar-refractivity contribution in [2.24, 2.45) is 0 Å². The van der Waals surface area contributed by atoms with Crippen LogP contribution < -0.4 is 10.0 Å². The third-order valence-electron chi connectivity index (χ3n) is 3.08. The van der Waals surface area contributed by atoms with Crippen molar-refractivity contribution in [2.75, 3.05) is 39.3 Å². The van der Waals surface area contributed by atoms with Crippen LogP contribution in [0.15, 0.2) is 23.1 Å². The molecular formula is C12H19Cl3FN3O2S. The zero-order valence-electron chi connectivity index (χ0n) is 11.7. The Hall–Kier alpha value is -0.150. The van der Waals surface area contributed by atoms with Gasteiger partial charge in [-0.25, -0.2) is 17.5 Å². The van der Waals surface area contributed by atoms with Crippen molar-refractivity contribution in [3.8, 4) is 0 Å². The fourth-order valence-electron chi connectivity index (χ4n) is 2.04. The molecule has 1 heterocycles. The highest BCUT2D eigenvalue weighted by Crippen LogP contribution is 2.17. The van der Waals surface area contributed by atoms with Crippen LogP contribution in [-0.4, -0.2) is 52.6 Å². The lowest BCUT2D eigenvalue weighted by Crippen LogP contribution is -2.46. The van der Waals surface area contributed by atoms with Gasteiger partial charge in [-0.15, -0.1) is 24.8 Å². The Kier molecular flexibility index (Phi) is 9.80. The summed E-state index contributed by atoms with van der Waals surface area (Å²) in [6, 6.07) is 3.26. The molecule has 0 radical (unpaired) electrons. The number of piperazine rings is 1. The van der Waals surface area contributed by atoms with Crippen LogP contribution in [0.5, 0.6) is 0 Å². The normalized spacial score (nSPS) is 15.7. The minimum absolute atomic E-state index is 0. The van der Waals surface area contributed by atoms with E-state index < -0.39 is 15.8 Å². The van der Waals surface area contributed by atoms with E-state index in [0.717, 1.165) is 38.3 Å². The molecule has 1 aliphatic heterocycles. The van der Waals surface area contributed by atoms with Gasteiger partial charge in [-0.3, -0.25) is 4.90 Å². The Balaban J connectivity index is 0.00000220. The minimum atomic E-state index is -3.72. The van der Waals surface area contributed by atoms with Crippen molar-refractivity contribution < 1.29 is 12.8 Å². The van der Waals surface area contributed by atoms with Gasteiger partial charge in [0.1, 0.15) is 5.82 Å². The molecule has 0 bridgehead atoms. The fraction of sp³-hybridized carbons (Fsp3) is 0.500. The topological polar surface area (TPSA) is 61.4 Å². The van der Waals surface area contributed by atoms with Crippen molar-refractivity contribution in [1.29, 1.82) is 0 Å². The molecule has 0 unspecified atom stereocenters. The van der Waals surface area contributed by atoms with Crippen molar-refractivity contribution in [3.05, 3.63) is 29.0 Å². The first-order valence-corrected chi connectivity index (χ1v) is 8.22. The van der Waals surface area contributed by atoms with Gasteiger partial charge in [0.2, 0.25) is 10.0 Å². The Labute approximate surface area is 147 Å². The predicted molar refractivity (Wildman–Crippen MR) is 90.4 cm³/mol. The van der Waals surface area contributed by atoms with Crippen LogP contribution in [0.25, 0.3) is 0 Å². The SMILES string of the molecule is Cl.Cl.O=S(=O)(NCCN1CCNCC1)c1cc(F)cc(Cl)c1. The molecule has 1 fully saturated rings. The molecule has 0 aliphatic carbocycles. The van der Waals surface area contributed by atoms with E-state index in [1.54, 1.807) is 0 Å². The third kappa shape index (κ3) is 6.54. The summed E-state index contributed by atoms with van der Waals surface area (Å²) in [5.41, 5.74) is 0. The van der Waals surface area contributed by atoms with Gasteiger partial charge in [0.15, 0.2) is 0 Å². The summed E-state index contributed by atoms with van der Waals surface area (Å²) < 4.78 is 39.7. The first kappa shape index (κ1) is 21.9. The lowest BCUT2D eigenvalue weighted by Gasteiger charge is -2.27. The first-order chi connectivity index (χ1) is 9.47. The van der Waals surface area contributed by atoms with Crippen LogP contribution in [-0.2, 0) is 10.0 Å². The Morgan fingerprint density at radius 3 is 2.45 bits per heavy atom. The minimum Gasteiger partial charge on any atom is -0.314 e. The van der Waals surface area contributed by atoms with Crippen LogP contribution in [0, 0.1) is 5.82 Å². The maximum atomic E-state index is 13.2. The van der Waals surface area contributed by atoms with Gasteiger partial charge >= 0.3 is 0 Å². The Morgan fingerprint density at radius 2 is 1.86 bits per heavy atom. The van der Waals surface area contributed by atoms with E-state index in [4.69, 9.17) is 11.6 Å². The summed E-state index contributed by atoms with van der Waals surface area (Å²) in [5, 5.41) is 3.29. The van der Waals surface area contributed by atoms with E-state index in [1.807, 2.05) is 0 Å². The van der Waals surface area contributed by atoms with Gasteiger partial charge in [-0.05, 0) is 18.2 Å². The number of benzene rings is 1. The molecule has 1 saturated heterocycles. The number of rotatable bonds is 5. The Morgan fingerprint density at radius 1 is 1.23 bits per heavy atom. The van der Waals surface area contributed by atoms with Crippen LogP contribution in [0.4, 0.5) is 4.39 Å². The number of halogens is 4. The van der Waals surface area contributed by atoms with E-state index >= 15 is 0 Å². The molecular weight excluding hydrogens is 376 g/mol. The summed E-state index contributed by atoms with van der Waals surface area (Å²) in [6.45, 7) is 4.53. The summed E-state index contributed by atoms with van der Waals surface area (Å²) in [4.78, 5) is 2.01. The average molecular weight is 395 g/mol. The highest BCUT2D eigenvalue weighted by atomic mass is 35.5. The molecule has 1 aliphatic rings. The lowest BCUT2D eigenvalue weighted by atomic mass is 10.3. The van der Waals surface area contributed by atoms with Gasteiger partial charge in [0.05, 0.1) is 4.90 Å². The van der Waals surface area contributed by atoms with Gasteiger partial charge in [-0.1, -0.05) is 11.6 Å². The van der Waals surface area contributed by atoms with Gasteiger partial charge in [0.25, 0.3) is 0 Å². The fourth-order valence-corrected chi connectivity index (χ4v) is 3.40. The molecule has 128 valence electrons. The van der Waals surface area contributed by atoms with Gasteiger partial charge in [0, 0.05) is 44.3 Å². The third-order valence-corrected chi connectivity index (χ3v) is 4.73. The quantitative estimate of drug-likeness (QED) is 0.795. The first-order valence-electron chi connectivity index (χ1n) is 6.36. The zero-order chi connectivity index (χ0) is 14.6. The maximum absolute atomic E-state index is 13.2. The number of hydrogen-bond donors (Lipinski definition) is 2. The second-order valence-corrected chi connectivity index (χ2v) is 6.80. The molecule has 5 nitrogen and oxygen atoms in total. The van der Waals surface area contributed by atoms with E-state index in [9.17, 15) is 12.8 Å². The molecule has 22 heavy (non-hydrogen) atoms. The zero-order valence-corrected chi connectivity index (χ0v) is 14.9. The van der Waals surface area contributed by atoms with Gasteiger partial charge in [-0.2, -0.15) is 0 Å². The molecule has 1 aromatic carbocycles. The molecule has 10 heteroatoms. The molecule has 0 atom stereocenters. The van der Waals surface area contributed by atoms with E-state index in [2.05, 4.69) is 14.9 Å². The molecule has 1 aromatic rings. The van der Waals surface area contributed by atoms with E-state index in [1.165, 1.54) is 6.07 Å². The summed E-state index contributed by atoms with van der Waals surface area (Å²) >= 11 is 5.66. The molecule has 0 aromatic heterocycles. The average Bonchev–Trinajstić information content (AvgIpc) is 2.38. The maximum Gasteiger partial charge on any atom is 0.240 e. The summed E-state index contributed by atoms with van der Waals surface area (Å²) in [6.07, 6.45) is 0. The highest BCUT2D eigenvalue weighted by molar-refractivity contribution is 7.89. The van der Waals surface area contributed by atoms with Crippen LogP contribution in [0.3, 0.4) is 0 Å². The monoisotopic (exact) mass is 393 g/mol. The molecule has 2 N–H and O–H groups in total. The summed E-state index contributed by atoms with van der Waals surface area (Å²) in [7, 11) is -3.72. The van der Waals surface area contributed by atoms with Crippen molar-refractivity contribution in [1.82, 2.24) is 14.9 Å².